The lowest BCUT2D eigenvalue weighted by atomic mass is 10.2. The number of ether oxygens (including phenoxy) is 1. The molecule has 1 atom stereocenters. The van der Waals surface area contributed by atoms with Gasteiger partial charge < -0.3 is 10.1 Å². The SMILES string of the molecule is O=S1(=O)CCCN1c1cc(N[C@H]2CCOC2)ccc1F. The molecular formula is C13H17FN2O3S. The Morgan fingerprint density at radius 1 is 1.40 bits per heavy atom. The molecule has 0 radical (unpaired) electrons. The third-order valence-electron chi connectivity index (χ3n) is 3.61. The van der Waals surface area contributed by atoms with Crippen molar-refractivity contribution in [3.8, 4) is 0 Å². The molecule has 1 aromatic carbocycles. The first-order valence-electron chi connectivity index (χ1n) is 6.70. The number of anilines is 2. The van der Waals surface area contributed by atoms with E-state index in [0.717, 1.165) is 12.1 Å². The van der Waals surface area contributed by atoms with Crippen molar-refractivity contribution in [2.24, 2.45) is 0 Å². The minimum atomic E-state index is -3.37. The third kappa shape index (κ3) is 2.60. The van der Waals surface area contributed by atoms with E-state index in [1.807, 2.05) is 0 Å². The highest BCUT2D eigenvalue weighted by Crippen LogP contribution is 2.30. The lowest BCUT2D eigenvalue weighted by Gasteiger charge is -2.20. The molecular weight excluding hydrogens is 283 g/mol. The van der Waals surface area contributed by atoms with Crippen LogP contribution in [0.25, 0.3) is 0 Å². The van der Waals surface area contributed by atoms with E-state index in [2.05, 4.69) is 5.32 Å². The van der Waals surface area contributed by atoms with Crippen LogP contribution in [-0.4, -0.2) is 40.0 Å². The number of benzene rings is 1. The summed E-state index contributed by atoms with van der Waals surface area (Å²) in [6, 6.07) is 4.70. The van der Waals surface area contributed by atoms with Gasteiger partial charge in [-0.15, -0.1) is 0 Å². The average molecular weight is 300 g/mol. The molecule has 7 heteroatoms. The van der Waals surface area contributed by atoms with E-state index in [4.69, 9.17) is 4.74 Å². The molecule has 110 valence electrons. The van der Waals surface area contributed by atoms with Gasteiger partial charge in [0.1, 0.15) is 5.82 Å². The molecule has 2 aliphatic rings. The minimum absolute atomic E-state index is 0.0839. The fraction of sp³-hybridized carbons (Fsp3) is 0.538. The van der Waals surface area contributed by atoms with E-state index in [1.54, 1.807) is 12.1 Å². The van der Waals surface area contributed by atoms with Crippen molar-refractivity contribution in [3.05, 3.63) is 24.0 Å². The molecule has 0 aromatic heterocycles. The Morgan fingerprint density at radius 2 is 2.25 bits per heavy atom. The molecule has 5 nitrogen and oxygen atoms in total. The number of nitrogens with one attached hydrogen (secondary N) is 1. The topological polar surface area (TPSA) is 58.6 Å². The Balaban J connectivity index is 1.86. The fourth-order valence-corrected chi connectivity index (χ4v) is 4.15. The number of sulfonamides is 1. The van der Waals surface area contributed by atoms with Gasteiger partial charge in [0.15, 0.2) is 0 Å². The molecule has 2 aliphatic heterocycles. The monoisotopic (exact) mass is 300 g/mol. The van der Waals surface area contributed by atoms with Gasteiger partial charge in [-0.05, 0) is 31.0 Å². The second-order valence-electron chi connectivity index (χ2n) is 5.11. The summed E-state index contributed by atoms with van der Waals surface area (Å²) in [5, 5.41) is 3.25. The summed E-state index contributed by atoms with van der Waals surface area (Å²) in [5.41, 5.74) is 0.852. The smallest absolute Gasteiger partial charge is 0.235 e. The van der Waals surface area contributed by atoms with Gasteiger partial charge in [0, 0.05) is 18.8 Å². The molecule has 0 saturated carbocycles. The molecule has 0 aliphatic carbocycles. The highest BCUT2D eigenvalue weighted by molar-refractivity contribution is 7.93. The van der Waals surface area contributed by atoms with Gasteiger partial charge in [-0.3, -0.25) is 4.31 Å². The van der Waals surface area contributed by atoms with Crippen molar-refractivity contribution < 1.29 is 17.5 Å². The van der Waals surface area contributed by atoms with Crippen molar-refractivity contribution in [1.29, 1.82) is 0 Å². The molecule has 0 unspecified atom stereocenters. The van der Waals surface area contributed by atoms with E-state index in [-0.39, 0.29) is 17.5 Å². The molecule has 2 saturated heterocycles. The van der Waals surface area contributed by atoms with E-state index < -0.39 is 15.8 Å². The van der Waals surface area contributed by atoms with Gasteiger partial charge in [-0.2, -0.15) is 0 Å². The highest BCUT2D eigenvalue weighted by Gasteiger charge is 2.30. The van der Waals surface area contributed by atoms with Crippen molar-refractivity contribution >= 4 is 21.4 Å². The van der Waals surface area contributed by atoms with E-state index in [0.29, 0.717) is 26.2 Å². The average Bonchev–Trinajstić information content (AvgIpc) is 3.01. The number of rotatable bonds is 3. The number of hydrogen-bond acceptors (Lipinski definition) is 4. The van der Waals surface area contributed by atoms with E-state index >= 15 is 0 Å². The Morgan fingerprint density at radius 3 is 2.90 bits per heavy atom. The normalized spacial score (nSPS) is 25.1. The summed E-state index contributed by atoms with van der Waals surface area (Å²) < 4.78 is 44.1. The van der Waals surface area contributed by atoms with Crippen LogP contribution in [-0.2, 0) is 14.8 Å². The van der Waals surface area contributed by atoms with Crippen LogP contribution >= 0.6 is 0 Å². The summed E-state index contributed by atoms with van der Waals surface area (Å²) in [7, 11) is -3.37. The minimum Gasteiger partial charge on any atom is -0.380 e. The van der Waals surface area contributed by atoms with Crippen LogP contribution in [0.15, 0.2) is 18.2 Å². The number of nitrogens with zero attached hydrogens (tertiary/aromatic N) is 1. The van der Waals surface area contributed by atoms with Gasteiger partial charge in [0.25, 0.3) is 0 Å². The van der Waals surface area contributed by atoms with Crippen molar-refractivity contribution in [2.45, 2.75) is 18.9 Å². The quantitative estimate of drug-likeness (QED) is 0.920. The van der Waals surface area contributed by atoms with Crippen LogP contribution in [0.3, 0.4) is 0 Å². The molecule has 1 aromatic rings. The van der Waals surface area contributed by atoms with E-state index in [1.165, 1.54) is 10.4 Å². The summed E-state index contributed by atoms with van der Waals surface area (Å²) in [4.78, 5) is 0. The fourth-order valence-electron chi connectivity index (χ4n) is 2.59. The second-order valence-corrected chi connectivity index (χ2v) is 7.13. The lowest BCUT2D eigenvalue weighted by Crippen LogP contribution is -2.26. The largest absolute Gasteiger partial charge is 0.380 e. The van der Waals surface area contributed by atoms with Crippen LogP contribution in [0.1, 0.15) is 12.8 Å². The zero-order valence-electron chi connectivity index (χ0n) is 11.0. The summed E-state index contributed by atoms with van der Waals surface area (Å²) in [5.74, 6) is -0.427. The first-order chi connectivity index (χ1) is 9.56. The maximum Gasteiger partial charge on any atom is 0.235 e. The van der Waals surface area contributed by atoms with E-state index in [9.17, 15) is 12.8 Å². The molecule has 2 fully saturated rings. The van der Waals surface area contributed by atoms with Gasteiger partial charge in [-0.1, -0.05) is 0 Å². The maximum atomic E-state index is 13.9. The molecule has 1 N–H and O–H groups in total. The molecule has 3 rings (SSSR count). The first kappa shape index (κ1) is 13.6. The Kier molecular flexibility index (Phi) is 3.55. The number of halogens is 1. The van der Waals surface area contributed by atoms with Crippen molar-refractivity contribution in [1.82, 2.24) is 0 Å². The molecule has 20 heavy (non-hydrogen) atoms. The van der Waals surface area contributed by atoms with Crippen molar-refractivity contribution in [3.63, 3.8) is 0 Å². The van der Waals surface area contributed by atoms with Crippen molar-refractivity contribution in [2.75, 3.05) is 35.1 Å². The molecule has 2 heterocycles. The Bertz CT molecular complexity index is 600. The Labute approximate surface area is 117 Å². The highest BCUT2D eigenvalue weighted by atomic mass is 32.2. The van der Waals surface area contributed by atoms with Crippen LogP contribution in [0.4, 0.5) is 15.8 Å². The van der Waals surface area contributed by atoms with Gasteiger partial charge >= 0.3 is 0 Å². The predicted molar refractivity (Wildman–Crippen MR) is 75.0 cm³/mol. The standard InChI is InChI=1S/C13H17FN2O3S/c14-12-3-2-10(15-11-4-6-19-9-11)8-13(12)16-5-1-7-20(16,17)18/h2-3,8,11,15H,1,4-7,9H2/t11-/m0/s1. The Hall–Kier alpha value is -1.34. The third-order valence-corrected chi connectivity index (χ3v) is 5.47. The molecule has 0 spiro atoms. The predicted octanol–water partition coefficient (Wildman–Crippen LogP) is 1.57. The van der Waals surface area contributed by atoms with Gasteiger partial charge in [0.05, 0.1) is 24.1 Å². The summed E-state index contributed by atoms with van der Waals surface area (Å²) in [6.45, 7) is 1.68. The second kappa shape index (κ2) is 5.21. The van der Waals surface area contributed by atoms with Crippen LogP contribution in [0, 0.1) is 5.82 Å². The van der Waals surface area contributed by atoms with Gasteiger partial charge in [-0.25, -0.2) is 12.8 Å². The maximum absolute atomic E-state index is 13.9. The summed E-state index contributed by atoms with van der Waals surface area (Å²) in [6.07, 6.45) is 1.44. The van der Waals surface area contributed by atoms with Crippen LogP contribution in [0.5, 0.6) is 0 Å². The zero-order valence-corrected chi connectivity index (χ0v) is 11.8. The molecule has 0 bridgehead atoms. The summed E-state index contributed by atoms with van der Waals surface area (Å²) >= 11 is 0. The zero-order chi connectivity index (χ0) is 14.2. The lowest BCUT2D eigenvalue weighted by molar-refractivity contribution is 0.195. The molecule has 0 amide bonds. The van der Waals surface area contributed by atoms with Crippen LogP contribution in [0.2, 0.25) is 0 Å². The number of hydrogen-bond donors (Lipinski definition) is 1. The van der Waals surface area contributed by atoms with Gasteiger partial charge in [0.2, 0.25) is 10.0 Å². The first-order valence-corrected chi connectivity index (χ1v) is 8.31. The van der Waals surface area contributed by atoms with Crippen LogP contribution < -0.4 is 9.62 Å².